The average Bonchev–Trinajstić information content (AvgIpc) is 3.52. The van der Waals surface area contributed by atoms with Crippen molar-refractivity contribution in [1.29, 1.82) is 0 Å². The molecule has 5 nitrogen and oxygen atoms in total. The third kappa shape index (κ3) is 4.02. The number of pyridine rings is 1. The topological polar surface area (TPSA) is 42.3 Å². The van der Waals surface area contributed by atoms with E-state index in [4.69, 9.17) is 17.0 Å². The van der Waals surface area contributed by atoms with Crippen LogP contribution in [-0.4, -0.2) is 27.4 Å². The number of thiocarbonyl (C=S) groups is 1. The molecule has 160 valence electrons. The number of nitrogens with one attached hydrogen (secondary N) is 1. The van der Waals surface area contributed by atoms with E-state index in [1.54, 1.807) is 0 Å². The maximum absolute atomic E-state index is 5.92. The maximum atomic E-state index is 5.92. The van der Waals surface area contributed by atoms with Crippen molar-refractivity contribution >= 4 is 38.9 Å². The first-order chi connectivity index (χ1) is 15.1. The Labute approximate surface area is 196 Å². The second-order valence-electron chi connectivity index (χ2n) is 8.15. The molecule has 3 aromatic rings. The molecule has 5 rings (SSSR count). The van der Waals surface area contributed by atoms with Gasteiger partial charge in [0.15, 0.2) is 5.11 Å². The van der Waals surface area contributed by atoms with Crippen LogP contribution in [0.5, 0.6) is 0 Å². The summed E-state index contributed by atoms with van der Waals surface area (Å²) in [6.07, 6.45) is 6.51. The number of anilines is 1. The van der Waals surface area contributed by atoms with E-state index in [-0.39, 0.29) is 18.2 Å². The summed E-state index contributed by atoms with van der Waals surface area (Å²) in [4.78, 5) is 6.89. The first kappa shape index (κ1) is 20.7. The average molecular weight is 497 g/mol. The van der Waals surface area contributed by atoms with Gasteiger partial charge in [0.25, 0.3) is 0 Å². The maximum Gasteiger partial charge on any atom is 0.174 e. The fourth-order valence-electron chi connectivity index (χ4n) is 4.58. The monoisotopic (exact) mass is 496 g/mol. The second-order valence-corrected chi connectivity index (χ2v) is 9.39. The molecule has 2 saturated heterocycles. The molecule has 0 unspecified atom stereocenters. The Morgan fingerprint density at radius 1 is 1.23 bits per heavy atom. The van der Waals surface area contributed by atoms with Gasteiger partial charge in [-0.05, 0) is 80.0 Å². The lowest BCUT2D eigenvalue weighted by molar-refractivity contribution is 0.0961. The Morgan fingerprint density at radius 3 is 2.87 bits per heavy atom. The largest absolute Gasteiger partial charge is 0.376 e. The smallest absolute Gasteiger partial charge is 0.174 e. The SMILES string of the molecule is Cc1cc(N2C(=S)N[C@H](c3ccccn3)[C@H]2c2cccn2C[C@@H]2CCCO2)ccc1Br. The van der Waals surface area contributed by atoms with Gasteiger partial charge in [0.05, 0.1) is 17.8 Å². The van der Waals surface area contributed by atoms with E-state index < -0.39 is 0 Å². The third-order valence-electron chi connectivity index (χ3n) is 6.11. The standard InChI is InChI=1S/C24H25BrN4OS/c1-16-14-17(9-10-19(16)25)29-23(22(27-24(29)31)20-7-2-3-11-26-20)21-8-4-12-28(21)15-18-6-5-13-30-18/h2-4,7-12,14,18,22-23H,5-6,13,15H2,1H3,(H,27,31)/t18-,22+,23+/m0/s1. The van der Waals surface area contributed by atoms with Crippen LogP contribution in [0.4, 0.5) is 5.69 Å². The van der Waals surface area contributed by atoms with Crippen LogP contribution >= 0.6 is 28.1 Å². The number of nitrogens with zero attached hydrogens (tertiary/aromatic N) is 3. The molecule has 3 atom stereocenters. The van der Waals surface area contributed by atoms with Crippen molar-refractivity contribution in [3.05, 3.63) is 82.3 Å². The van der Waals surface area contributed by atoms with Gasteiger partial charge < -0.3 is 19.5 Å². The molecular formula is C24H25BrN4OS. The van der Waals surface area contributed by atoms with Crippen LogP contribution in [0, 0.1) is 6.92 Å². The molecule has 1 N–H and O–H groups in total. The number of halogens is 1. The van der Waals surface area contributed by atoms with Crippen molar-refractivity contribution in [3.8, 4) is 0 Å². The lowest BCUT2D eigenvalue weighted by Gasteiger charge is -2.29. The van der Waals surface area contributed by atoms with Gasteiger partial charge >= 0.3 is 0 Å². The molecule has 2 aromatic heterocycles. The zero-order chi connectivity index (χ0) is 21.4. The van der Waals surface area contributed by atoms with E-state index in [1.807, 2.05) is 18.3 Å². The molecule has 0 amide bonds. The van der Waals surface area contributed by atoms with Crippen LogP contribution in [0.15, 0.2) is 65.4 Å². The molecule has 0 saturated carbocycles. The molecule has 0 aliphatic carbocycles. The number of hydrogen-bond acceptors (Lipinski definition) is 3. The highest BCUT2D eigenvalue weighted by Crippen LogP contribution is 2.42. The van der Waals surface area contributed by atoms with Gasteiger partial charge in [0, 0.05) is 41.4 Å². The van der Waals surface area contributed by atoms with Crippen LogP contribution in [-0.2, 0) is 11.3 Å². The Kier molecular flexibility index (Phi) is 5.82. The minimum Gasteiger partial charge on any atom is -0.376 e. The van der Waals surface area contributed by atoms with E-state index in [2.05, 4.69) is 85.2 Å². The quantitative estimate of drug-likeness (QED) is 0.484. The van der Waals surface area contributed by atoms with Crippen LogP contribution in [0.1, 0.15) is 41.9 Å². The highest BCUT2D eigenvalue weighted by molar-refractivity contribution is 9.10. The van der Waals surface area contributed by atoms with Crippen molar-refractivity contribution in [1.82, 2.24) is 14.9 Å². The van der Waals surface area contributed by atoms with Gasteiger partial charge in [-0.15, -0.1) is 0 Å². The first-order valence-corrected chi connectivity index (χ1v) is 11.9. The van der Waals surface area contributed by atoms with Gasteiger partial charge in [-0.3, -0.25) is 4.98 Å². The summed E-state index contributed by atoms with van der Waals surface area (Å²) < 4.78 is 9.34. The van der Waals surface area contributed by atoms with E-state index in [9.17, 15) is 0 Å². The molecule has 0 spiro atoms. The summed E-state index contributed by atoms with van der Waals surface area (Å²) in [5.74, 6) is 0. The highest BCUT2D eigenvalue weighted by atomic mass is 79.9. The van der Waals surface area contributed by atoms with E-state index >= 15 is 0 Å². The Hall–Kier alpha value is -2.22. The lowest BCUT2D eigenvalue weighted by Crippen LogP contribution is -2.31. The Balaban J connectivity index is 1.58. The molecule has 4 heterocycles. The lowest BCUT2D eigenvalue weighted by atomic mass is 10.0. The zero-order valence-corrected chi connectivity index (χ0v) is 19.8. The summed E-state index contributed by atoms with van der Waals surface area (Å²) in [5.41, 5.74) is 4.44. The molecule has 0 bridgehead atoms. The number of aryl methyl sites for hydroxylation is 1. The normalized spacial score (nSPS) is 23.4. The molecule has 2 aliphatic rings. The summed E-state index contributed by atoms with van der Waals surface area (Å²) in [6, 6.07) is 16.7. The van der Waals surface area contributed by atoms with Crippen LogP contribution in [0.2, 0.25) is 0 Å². The fourth-order valence-corrected chi connectivity index (χ4v) is 5.17. The third-order valence-corrected chi connectivity index (χ3v) is 7.31. The Bertz CT molecular complexity index is 1080. The van der Waals surface area contributed by atoms with Gasteiger partial charge in [-0.2, -0.15) is 0 Å². The number of aromatic nitrogens is 2. The van der Waals surface area contributed by atoms with Crippen LogP contribution < -0.4 is 10.2 Å². The molecule has 2 aliphatic heterocycles. The van der Waals surface area contributed by atoms with Crippen LogP contribution in [0.3, 0.4) is 0 Å². The molecule has 31 heavy (non-hydrogen) atoms. The summed E-state index contributed by atoms with van der Waals surface area (Å²) in [6.45, 7) is 3.82. The molecule has 0 radical (unpaired) electrons. The van der Waals surface area contributed by atoms with Crippen molar-refractivity contribution in [3.63, 3.8) is 0 Å². The Morgan fingerprint density at radius 2 is 2.13 bits per heavy atom. The van der Waals surface area contributed by atoms with E-state index in [0.29, 0.717) is 5.11 Å². The van der Waals surface area contributed by atoms with Crippen LogP contribution in [0.25, 0.3) is 0 Å². The van der Waals surface area contributed by atoms with Gasteiger partial charge in [0.1, 0.15) is 6.04 Å². The zero-order valence-electron chi connectivity index (χ0n) is 17.4. The fraction of sp³-hybridized carbons (Fsp3) is 0.333. The van der Waals surface area contributed by atoms with Crippen molar-refractivity contribution < 1.29 is 4.74 Å². The second kappa shape index (κ2) is 8.73. The number of hydrogen-bond donors (Lipinski definition) is 1. The van der Waals surface area contributed by atoms with E-state index in [0.717, 1.165) is 41.8 Å². The number of rotatable bonds is 5. The van der Waals surface area contributed by atoms with Crippen molar-refractivity contribution in [2.75, 3.05) is 11.5 Å². The number of ether oxygens (including phenoxy) is 1. The first-order valence-electron chi connectivity index (χ1n) is 10.7. The summed E-state index contributed by atoms with van der Waals surface area (Å²) in [5, 5.41) is 4.27. The highest BCUT2D eigenvalue weighted by Gasteiger charge is 2.42. The minimum atomic E-state index is -0.0456. The molecule has 1 aromatic carbocycles. The van der Waals surface area contributed by atoms with Gasteiger partial charge in [-0.1, -0.05) is 22.0 Å². The molecule has 2 fully saturated rings. The summed E-state index contributed by atoms with van der Waals surface area (Å²) >= 11 is 9.48. The van der Waals surface area contributed by atoms with Gasteiger partial charge in [0.2, 0.25) is 0 Å². The minimum absolute atomic E-state index is 0.0145. The predicted molar refractivity (Wildman–Crippen MR) is 130 cm³/mol. The molecular weight excluding hydrogens is 472 g/mol. The van der Waals surface area contributed by atoms with E-state index in [1.165, 1.54) is 11.3 Å². The van der Waals surface area contributed by atoms with Gasteiger partial charge in [-0.25, -0.2) is 0 Å². The number of benzene rings is 1. The summed E-state index contributed by atoms with van der Waals surface area (Å²) in [7, 11) is 0. The predicted octanol–water partition coefficient (Wildman–Crippen LogP) is 5.31. The van der Waals surface area contributed by atoms with Crippen molar-refractivity contribution in [2.45, 2.75) is 44.5 Å². The molecule has 7 heteroatoms. The van der Waals surface area contributed by atoms with Crippen molar-refractivity contribution in [2.24, 2.45) is 0 Å².